The third-order valence-corrected chi connectivity index (χ3v) is 7.53. The number of hydrogen-bond donors (Lipinski definition) is 0. The normalized spacial score (nSPS) is 13.8. The van der Waals surface area contributed by atoms with Crippen LogP contribution in [0.2, 0.25) is 0 Å². The molecule has 0 bridgehead atoms. The smallest absolute Gasteiger partial charge is 0.336 e. The molecule has 6 heteroatoms. The summed E-state index contributed by atoms with van der Waals surface area (Å²) in [6.07, 6.45) is 1.46. The predicted octanol–water partition coefficient (Wildman–Crippen LogP) is 4.35. The van der Waals surface area contributed by atoms with E-state index in [9.17, 15) is 9.13 Å². The Labute approximate surface area is 120 Å². The van der Waals surface area contributed by atoms with Gasteiger partial charge in [-0.05, 0) is 41.8 Å². The number of ether oxygens (including phenoxy) is 1. The fourth-order valence-electron chi connectivity index (χ4n) is 1.09. The van der Waals surface area contributed by atoms with Gasteiger partial charge in [-0.2, -0.15) is 0 Å². The summed E-state index contributed by atoms with van der Waals surface area (Å²) in [5.41, 5.74) is 0. The number of methoxy groups -OCH3 is 1. The van der Waals surface area contributed by atoms with Crippen LogP contribution >= 0.6 is 15.6 Å². The zero-order chi connectivity index (χ0) is 15.9. The Morgan fingerprint density at radius 3 is 1.42 bits per heavy atom. The summed E-state index contributed by atoms with van der Waals surface area (Å²) in [7, 11) is 3.23. The van der Waals surface area contributed by atoms with Crippen LogP contribution in [0.5, 0.6) is 0 Å². The maximum Gasteiger partial charge on any atom is 0.372 e. The molecular formula is C13H31NO3P2+2. The quantitative estimate of drug-likeness (QED) is 0.684. The molecule has 0 spiro atoms. The average molecular weight is 311 g/mol. The first-order chi connectivity index (χ1) is 8.47. The van der Waals surface area contributed by atoms with Gasteiger partial charge in [-0.3, -0.25) is 4.90 Å². The molecule has 0 rings (SSSR count). The van der Waals surface area contributed by atoms with E-state index >= 15 is 0 Å². The second-order valence-corrected chi connectivity index (χ2v) is 10.4. The lowest BCUT2D eigenvalue weighted by molar-refractivity contribution is 0.0948. The van der Waals surface area contributed by atoms with Crippen molar-refractivity contribution in [1.29, 1.82) is 0 Å². The lowest BCUT2D eigenvalue weighted by Gasteiger charge is -2.21. The zero-order valence-electron chi connectivity index (χ0n) is 14.0. The van der Waals surface area contributed by atoms with Crippen LogP contribution in [-0.4, -0.2) is 49.1 Å². The van der Waals surface area contributed by atoms with E-state index in [1.165, 1.54) is 0 Å². The van der Waals surface area contributed by atoms with Crippen molar-refractivity contribution in [2.45, 2.75) is 52.2 Å². The molecule has 19 heavy (non-hydrogen) atoms. The van der Waals surface area contributed by atoms with Crippen molar-refractivity contribution in [3.05, 3.63) is 0 Å². The molecule has 0 N–H and O–H groups in total. The molecule has 0 saturated heterocycles. The van der Waals surface area contributed by atoms with Crippen molar-refractivity contribution in [2.24, 2.45) is 0 Å². The van der Waals surface area contributed by atoms with E-state index in [2.05, 4.69) is 0 Å². The standard InChI is InChI=1S/C7H17NOP.C6H14O2P/c1-6-10(9)7(2,3)8(4)5;1-5-9(7)6(2,3)8-4/h6H2,1-5H3;5H2,1-4H3/q2*+1. The second-order valence-electron chi connectivity index (χ2n) is 5.43. The van der Waals surface area contributed by atoms with E-state index in [0.29, 0.717) is 6.16 Å². The molecule has 0 fully saturated rings. The minimum absolute atomic E-state index is 0.149. The fourth-order valence-corrected chi connectivity index (χ4v) is 3.28. The first-order valence-electron chi connectivity index (χ1n) is 6.59. The van der Waals surface area contributed by atoms with Crippen LogP contribution < -0.4 is 0 Å². The molecule has 0 saturated carbocycles. The van der Waals surface area contributed by atoms with Crippen molar-refractivity contribution < 1.29 is 13.9 Å². The average Bonchev–Trinajstić information content (AvgIpc) is 2.36. The molecule has 0 aromatic rings. The topological polar surface area (TPSA) is 46.6 Å². The summed E-state index contributed by atoms with van der Waals surface area (Å²) >= 11 is 0. The lowest BCUT2D eigenvalue weighted by Crippen LogP contribution is -2.34. The van der Waals surface area contributed by atoms with Gasteiger partial charge in [0.2, 0.25) is 5.28 Å². The minimum Gasteiger partial charge on any atom is -0.336 e. The summed E-state index contributed by atoms with van der Waals surface area (Å²) in [5.74, 6) is 0. The van der Waals surface area contributed by atoms with Crippen molar-refractivity contribution in [3.63, 3.8) is 0 Å². The predicted molar refractivity (Wildman–Crippen MR) is 85.1 cm³/mol. The van der Waals surface area contributed by atoms with E-state index in [-0.39, 0.29) is 5.28 Å². The SMILES string of the molecule is CC[P+](=O)C(C)(C)N(C)C.CC[P+](=O)C(C)(C)OC. The van der Waals surface area contributed by atoms with Crippen LogP contribution in [0.1, 0.15) is 41.5 Å². The second kappa shape index (κ2) is 9.13. The van der Waals surface area contributed by atoms with Gasteiger partial charge in [-0.15, -0.1) is 0 Å². The van der Waals surface area contributed by atoms with Crippen molar-refractivity contribution in [2.75, 3.05) is 33.5 Å². The minimum atomic E-state index is -1.19. The molecule has 2 atom stereocenters. The fraction of sp³-hybridized carbons (Fsp3) is 1.00. The molecule has 0 aliphatic carbocycles. The van der Waals surface area contributed by atoms with Crippen LogP contribution in [0, 0.1) is 0 Å². The van der Waals surface area contributed by atoms with E-state index in [0.717, 1.165) is 6.16 Å². The van der Waals surface area contributed by atoms with E-state index in [4.69, 9.17) is 4.74 Å². The van der Waals surface area contributed by atoms with E-state index in [1.807, 2.05) is 60.5 Å². The van der Waals surface area contributed by atoms with Gasteiger partial charge >= 0.3 is 15.6 Å². The third kappa shape index (κ3) is 7.46. The molecule has 0 heterocycles. The summed E-state index contributed by atoms with van der Waals surface area (Å²) < 4.78 is 27.5. The van der Waals surface area contributed by atoms with Crippen LogP contribution in [0.3, 0.4) is 0 Å². The van der Waals surface area contributed by atoms with Gasteiger partial charge in [0, 0.05) is 21.0 Å². The molecule has 2 unspecified atom stereocenters. The number of hydrogen-bond acceptors (Lipinski definition) is 4. The Morgan fingerprint density at radius 2 is 1.32 bits per heavy atom. The Morgan fingerprint density at radius 1 is 0.947 bits per heavy atom. The Kier molecular flexibility index (Phi) is 10.3. The summed E-state index contributed by atoms with van der Waals surface area (Å²) in [4.78, 5) is 2.01. The van der Waals surface area contributed by atoms with Gasteiger partial charge in [0.1, 0.15) is 12.3 Å². The molecule has 114 valence electrons. The molecule has 0 radical (unpaired) electrons. The number of rotatable bonds is 6. The van der Waals surface area contributed by atoms with Gasteiger partial charge in [-0.1, -0.05) is 9.13 Å². The number of nitrogens with zero attached hydrogens (tertiary/aromatic N) is 1. The zero-order valence-corrected chi connectivity index (χ0v) is 15.8. The monoisotopic (exact) mass is 311 g/mol. The van der Waals surface area contributed by atoms with Gasteiger partial charge in [0.25, 0.3) is 5.34 Å². The van der Waals surface area contributed by atoms with E-state index in [1.54, 1.807) is 7.11 Å². The molecule has 0 aliphatic rings. The van der Waals surface area contributed by atoms with Gasteiger partial charge < -0.3 is 4.74 Å². The molecule has 0 aromatic heterocycles. The summed E-state index contributed by atoms with van der Waals surface area (Å²) in [6.45, 7) is 11.6. The van der Waals surface area contributed by atoms with Crippen molar-refractivity contribution >= 4 is 15.6 Å². The Hall–Kier alpha value is 0.120. The van der Waals surface area contributed by atoms with Crippen LogP contribution in [0.4, 0.5) is 0 Å². The summed E-state index contributed by atoms with van der Waals surface area (Å²) in [6, 6.07) is 0. The Bertz CT molecular complexity index is 302. The van der Waals surface area contributed by atoms with Crippen LogP contribution in [0.15, 0.2) is 0 Å². The lowest BCUT2D eigenvalue weighted by atomic mass is 10.3. The highest BCUT2D eigenvalue weighted by Crippen LogP contribution is 2.39. The molecular weight excluding hydrogens is 280 g/mol. The van der Waals surface area contributed by atoms with Crippen LogP contribution in [-0.2, 0) is 13.9 Å². The molecule has 4 nitrogen and oxygen atoms in total. The van der Waals surface area contributed by atoms with Crippen molar-refractivity contribution in [3.8, 4) is 0 Å². The summed E-state index contributed by atoms with van der Waals surface area (Å²) in [5, 5.41) is -0.589. The highest BCUT2D eigenvalue weighted by atomic mass is 31.1. The van der Waals surface area contributed by atoms with Gasteiger partial charge in [0.15, 0.2) is 0 Å². The highest BCUT2D eigenvalue weighted by molar-refractivity contribution is 7.46. The Balaban J connectivity index is 0. The van der Waals surface area contributed by atoms with E-state index < -0.39 is 20.9 Å². The maximum absolute atomic E-state index is 11.4. The molecule has 0 aliphatic heterocycles. The molecule has 0 aromatic carbocycles. The largest absolute Gasteiger partial charge is 0.372 e. The highest BCUT2D eigenvalue weighted by Gasteiger charge is 2.39. The first kappa shape index (κ1) is 21.4. The molecule has 0 amide bonds. The van der Waals surface area contributed by atoms with Crippen molar-refractivity contribution in [1.82, 2.24) is 4.90 Å². The van der Waals surface area contributed by atoms with Crippen LogP contribution in [0.25, 0.3) is 0 Å². The maximum atomic E-state index is 11.4. The first-order valence-corrected chi connectivity index (χ1v) is 9.48. The van der Waals surface area contributed by atoms with Gasteiger partial charge in [0.05, 0.1) is 0 Å². The third-order valence-electron chi connectivity index (χ3n) is 3.38. The van der Waals surface area contributed by atoms with Gasteiger partial charge in [-0.25, -0.2) is 0 Å².